The fourth-order valence-corrected chi connectivity index (χ4v) is 7.84. The molecule has 10 nitrogen and oxygen atoms in total. The number of thiophene rings is 1. The fourth-order valence-electron chi connectivity index (χ4n) is 6.15. The van der Waals surface area contributed by atoms with Crippen LogP contribution in [0.1, 0.15) is 50.4 Å². The fraction of sp³-hybridized carbons (Fsp3) is 0.455. The summed E-state index contributed by atoms with van der Waals surface area (Å²) in [5.41, 5.74) is 3.39. The van der Waals surface area contributed by atoms with Gasteiger partial charge in [0.25, 0.3) is 0 Å². The van der Waals surface area contributed by atoms with Crippen LogP contribution in [0.4, 0.5) is 5.82 Å². The molecule has 0 saturated carbocycles. The average Bonchev–Trinajstić information content (AvgIpc) is 3.64. The monoisotopic (exact) mass is 647 g/mol. The maximum atomic E-state index is 13.7. The molecule has 4 aromatic heterocycles. The Balaban J connectivity index is 1.33. The summed E-state index contributed by atoms with van der Waals surface area (Å²) in [5.74, 6) is 4.45. The largest absolute Gasteiger partial charge is 0.344 e. The molecule has 0 N–H and O–H groups in total. The van der Waals surface area contributed by atoms with Crippen LogP contribution in [0.5, 0.6) is 0 Å². The Morgan fingerprint density at radius 1 is 1.16 bits per heavy atom. The molecule has 6 rings (SSSR count). The number of carbonyl (C=O) groups excluding carboxylic acids is 2. The van der Waals surface area contributed by atoms with Crippen molar-refractivity contribution >= 4 is 49.9 Å². The Bertz CT molecular complexity index is 1810. The summed E-state index contributed by atoms with van der Waals surface area (Å²) in [6.07, 6.45) is 7.15. The number of likely N-dealkylation sites (tertiary alicyclic amines) is 1. The minimum Gasteiger partial charge on any atom is -0.344 e. The second-order valence-corrected chi connectivity index (χ2v) is 15.9. The van der Waals surface area contributed by atoms with Crippen LogP contribution < -0.4 is 4.90 Å². The summed E-state index contributed by atoms with van der Waals surface area (Å²) >= 11 is 1.62. The van der Waals surface area contributed by atoms with Crippen molar-refractivity contribution in [3.05, 3.63) is 53.7 Å². The molecule has 1 unspecified atom stereocenters. The number of ketones is 1. The number of hydrogen-bond acceptors (Lipinski definition) is 9. The van der Waals surface area contributed by atoms with Crippen LogP contribution in [0.3, 0.4) is 0 Å². The van der Waals surface area contributed by atoms with Crippen LogP contribution >= 0.6 is 11.3 Å². The van der Waals surface area contributed by atoms with E-state index < -0.39 is 9.52 Å². The third kappa shape index (κ3) is 6.28. The maximum absolute atomic E-state index is 13.7. The van der Waals surface area contributed by atoms with Crippen molar-refractivity contribution in [3.8, 4) is 21.8 Å². The Morgan fingerprint density at radius 2 is 1.93 bits per heavy atom. The lowest BCUT2D eigenvalue weighted by Crippen LogP contribution is -2.64. The lowest BCUT2D eigenvalue weighted by atomic mass is 9.98. The minimum absolute atomic E-state index is 0.00696. The van der Waals surface area contributed by atoms with Crippen LogP contribution in [0.25, 0.3) is 27.5 Å². The molecule has 2 aliphatic rings. The van der Waals surface area contributed by atoms with Crippen molar-refractivity contribution in [2.24, 2.45) is 0 Å². The zero-order valence-electron chi connectivity index (χ0n) is 26.4. The quantitative estimate of drug-likeness (QED) is 0.165. The van der Waals surface area contributed by atoms with Crippen LogP contribution in [-0.4, -0.2) is 107 Å². The molecular weight excluding hydrogens is 607 g/mol. The van der Waals surface area contributed by atoms with Gasteiger partial charge in [-0.25, -0.2) is 14.5 Å². The number of fused-ring (bicyclic) bond motifs is 1. The molecule has 0 radical (unpaired) electrons. The summed E-state index contributed by atoms with van der Waals surface area (Å²) in [7, 11) is -2.19. The van der Waals surface area contributed by atoms with E-state index in [0.717, 1.165) is 35.6 Å². The molecule has 3 atom stereocenters. The number of carbonyl (C=O) groups is 2. The van der Waals surface area contributed by atoms with E-state index in [9.17, 15) is 13.8 Å². The predicted octanol–water partition coefficient (Wildman–Crippen LogP) is 4.35. The number of pyridine rings is 1. The lowest BCUT2D eigenvalue weighted by Gasteiger charge is -2.47. The van der Waals surface area contributed by atoms with Crippen LogP contribution in [-0.2, 0) is 14.3 Å². The molecule has 1 amide bonds. The summed E-state index contributed by atoms with van der Waals surface area (Å²) in [5, 5.41) is 6.49. The van der Waals surface area contributed by atoms with Gasteiger partial charge < -0.3 is 14.7 Å². The van der Waals surface area contributed by atoms with Crippen molar-refractivity contribution in [2.45, 2.75) is 57.4 Å². The first-order valence-electron chi connectivity index (χ1n) is 15.6. The van der Waals surface area contributed by atoms with Gasteiger partial charge in [-0.2, -0.15) is 5.10 Å². The number of anilines is 1. The third-order valence-corrected chi connectivity index (χ3v) is 11.8. The van der Waals surface area contributed by atoms with E-state index in [4.69, 9.17) is 9.97 Å². The van der Waals surface area contributed by atoms with Crippen LogP contribution in [0.2, 0.25) is 0 Å². The molecule has 6 heterocycles. The highest BCUT2D eigenvalue weighted by Gasteiger charge is 2.43. The van der Waals surface area contributed by atoms with Gasteiger partial charge >= 0.3 is 0 Å². The predicted molar refractivity (Wildman–Crippen MR) is 183 cm³/mol. The summed E-state index contributed by atoms with van der Waals surface area (Å²) in [6, 6.07) is 9.56. The molecule has 45 heavy (non-hydrogen) atoms. The van der Waals surface area contributed by atoms with Crippen molar-refractivity contribution in [3.63, 3.8) is 0 Å². The zero-order chi connectivity index (χ0) is 31.9. The van der Waals surface area contributed by atoms with E-state index in [1.165, 1.54) is 0 Å². The van der Waals surface area contributed by atoms with E-state index in [-0.39, 0.29) is 29.0 Å². The smallest absolute Gasteiger partial charge is 0.245 e. The van der Waals surface area contributed by atoms with E-state index in [1.54, 1.807) is 33.2 Å². The highest BCUT2D eigenvalue weighted by molar-refractivity contribution is 8.00. The van der Waals surface area contributed by atoms with Crippen molar-refractivity contribution in [1.82, 2.24) is 29.4 Å². The molecule has 238 valence electrons. The summed E-state index contributed by atoms with van der Waals surface area (Å²) < 4.78 is 14.1. The Morgan fingerprint density at radius 3 is 2.58 bits per heavy atom. The summed E-state index contributed by atoms with van der Waals surface area (Å²) in [4.78, 5) is 44.3. The molecule has 0 spiro atoms. The van der Waals surface area contributed by atoms with E-state index in [1.807, 2.05) is 46.8 Å². The van der Waals surface area contributed by atoms with Crippen molar-refractivity contribution in [1.29, 1.82) is 0 Å². The van der Waals surface area contributed by atoms with Gasteiger partial charge in [0.1, 0.15) is 11.9 Å². The molecule has 2 fully saturated rings. The van der Waals surface area contributed by atoms with Crippen LogP contribution in [0, 0.1) is 0 Å². The molecular formula is C33H41N7O3S2. The molecule has 2 aliphatic heterocycles. The average molecular weight is 648 g/mol. The number of Topliss-reactive ketones (excluding diaryl/α,β-unsaturated/α-hetero) is 1. The molecule has 4 aromatic rings. The normalized spacial score (nSPS) is 18.9. The van der Waals surface area contributed by atoms with Gasteiger partial charge in [-0.15, -0.1) is 11.3 Å². The Hall–Kier alpha value is -3.61. The second-order valence-electron chi connectivity index (χ2n) is 12.2. The lowest BCUT2D eigenvalue weighted by molar-refractivity contribution is -0.137. The molecule has 2 saturated heterocycles. The SMILES string of the molecule is C=S(C)(=O)C1CN(C(=O)[C@@H]2CCN2c2cc(C(=O)CC[C@H](C)N(CC)CC)cc(-c3cnn4ccc(-c5cccs5)nc34)n2)C1. The van der Waals surface area contributed by atoms with E-state index in [0.29, 0.717) is 55.2 Å². The van der Waals surface area contributed by atoms with Crippen molar-refractivity contribution < 1.29 is 13.8 Å². The molecule has 0 aromatic carbocycles. The number of nitrogens with zero attached hydrogens (tertiary/aromatic N) is 7. The molecule has 0 aliphatic carbocycles. The highest BCUT2D eigenvalue weighted by Crippen LogP contribution is 2.33. The standard InChI is InChI=1S/C33H41N7O3S2/c1-6-37(7-2)22(3)10-11-29(41)23-17-27(25-19-34-40-15-12-26(36-32(25)40)30-9-8-16-44-30)35-31(18-23)39-14-13-28(39)33(42)38-20-24(21-38)45(4,5)43/h8-9,12,15-19,22,24,28H,4,6-7,10-11,13-14,20-21H2,1-3,5H3/t22-,28-,45?/m0/s1. The molecule has 0 bridgehead atoms. The van der Waals surface area contributed by atoms with Gasteiger partial charge in [-0.3, -0.25) is 13.8 Å². The Kier molecular flexibility index (Phi) is 8.82. The number of hydrogen-bond donors (Lipinski definition) is 0. The van der Waals surface area contributed by atoms with Gasteiger partial charge in [0, 0.05) is 50.1 Å². The molecule has 12 heteroatoms. The first-order chi connectivity index (χ1) is 21.6. The maximum Gasteiger partial charge on any atom is 0.245 e. The van der Waals surface area contributed by atoms with Gasteiger partial charge in [0.15, 0.2) is 11.4 Å². The topological polar surface area (TPSA) is 104 Å². The number of amides is 1. The van der Waals surface area contributed by atoms with Gasteiger partial charge in [0.2, 0.25) is 5.91 Å². The van der Waals surface area contributed by atoms with Gasteiger partial charge in [-0.05, 0) is 77.9 Å². The van der Waals surface area contributed by atoms with Gasteiger partial charge in [-0.1, -0.05) is 19.9 Å². The first kappa shape index (κ1) is 31.4. The summed E-state index contributed by atoms with van der Waals surface area (Å²) in [6.45, 7) is 9.92. The number of aromatic nitrogens is 4. The number of rotatable bonds is 12. The van der Waals surface area contributed by atoms with Gasteiger partial charge in [0.05, 0.1) is 33.3 Å². The highest BCUT2D eigenvalue weighted by atomic mass is 32.2. The third-order valence-electron chi connectivity index (χ3n) is 9.24. The second kappa shape index (κ2) is 12.6. The minimum atomic E-state index is -2.19. The van der Waals surface area contributed by atoms with E-state index >= 15 is 0 Å². The zero-order valence-corrected chi connectivity index (χ0v) is 28.0. The van der Waals surface area contributed by atoms with Crippen molar-refractivity contribution in [2.75, 3.05) is 43.9 Å². The van der Waals surface area contributed by atoms with Crippen LogP contribution in [0.15, 0.2) is 48.1 Å². The van der Waals surface area contributed by atoms with E-state index in [2.05, 4.69) is 36.6 Å². The Labute approximate surface area is 269 Å². The first-order valence-corrected chi connectivity index (χ1v) is 18.7.